The molecule has 1 aromatic rings. The van der Waals surface area contributed by atoms with Crippen LogP contribution in [0.5, 0.6) is 0 Å². The number of carbonyl (C=O) groups is 1. The minimum atomic E-state index is -1.41. The van der Waals surface area contributed by atoms with Gasteiger partial charge in [-0.1, -0.05) is 18.2 Å². The Morgan fingerprint density at radius 3 is 2.65 bits per heavy atom. The standard InChI is InChI=1S/C13H15NO3/c15-12(13(16)17)8-1-2-9-6-14(11-3-4-11)7-10(9)5-8/h1-2,5,11-12,15H,3-4,6-7H2,(H,16,17). The first-order valence-corrected chi connectivity index (χ1v) is 5.92. The number of carboxylic acid groups (broad SMARTS) is 1. The van der Waals surface area contributed by atoms with Gasteiger partial charge in [-0.05, 0) is 29.5 Å². The van der Waals surface area contributed by atoms with Gasteiger partial charge in [-0.25, -0.2) is 4.79 Å². The number of aliphatic carboxylic acids is 1. The fraction of sp³-hybridized carbons (Fsp3) is 0.462. The topological polar surface area (TPSA) is 60.8 Å². The lowest BCUT2D eigenvalue weighted by Crippen LogP contribution is -2.18. The Morgan fingerprint density at radius 1 is 1.29 bits per heavy atom. The fourth-order valence-corrected chi connectivity index (χ4v) is 2.45. The Kier molecular flexibility index (Phi) is 2.42. The van der Waals surface area contributed by atoms with Crippen LogP contribution >= 0.6 is 0 Å². The molecule has 2 aliphatic rings. The lowest BCUT2D eigenvalue weighted by molar-refractivity contribution is -0.146. The zero-order valence-corrected chi connectivity index (χ0v) is 9.47. The first-order chi connectivity index (χ1) is 8.15. The Balaban J connectivity index is 1.83. The van der Waals surface area contributed by atoms with Gasteiger partial charge in [0.05, 0.1) is 0 Å². The van der Waals surface area contributed by atoms with Crippen molar-refractivity contribution in [1.29, 1.82) is 0 Å². The van der Waals surface area contributed by atoms with E-state index in [0.29, 0.717) is 5.56 Å². The zero-order valence-electron chi connectivity index (χ0n) is 9.47. The second kappa shape index (κ2) is 3.82. The summed E-state index contributed by atoms with van der Waals surface area (Å²) in [4.78, 5) is 13.1. The van der Waals surface area contributed by atoms with Gasteiger partial charge >= 0.3 is 5.97 Å². The summed E-state index contributed by atoms with van der Waals surface area (Å²) in [6.45, 7) is 1.85. The first-order valence-electron chi connectivity index (χ1n) is 5.92. The molecule has 3 rings (SSSR count). The number of hydrogen-bond donors (Lipinski definition) is 2. The monoisotopic (exact) mass is 233 g/mol. The van der Waals surface area contributed by atoms with Crippen molar-refractivity contribution in [1.82, 2.24) is 4.90 Å². The van der Waals surface area contributed by atoms with Gasteiger partial charge in [-0.3, -0.25) is 4.90 Å². The van der Waals surface area contributed by atoms with Gasteiger partial charge in [0.15, 0.2) is 6.10 Å². The predicted octanol–water partition coefficient (Wildman–Crippen LogP) is 1.28. The summed E-state index contributed by atoms with van der Waals surface area (Å²) in [5.74, 6) is -1.19. The van der Waals surface area contributed by atoms with E-state index in [2.05, 4.69) is 4.90 Å². The van der Waals surface area contributed by atoms with Gasteiger partial charge in [0, 0.05) is 19.1 Å². The highest BCUT2D eigenvalue weighted by molar-refractivity contribution is 5.74. The molecule has 0 saturated heterocycles. The van der Waals surface area contributed by atoms with E-state index in [4.69, 9.17) is 5.11 Å². The van der Waals surface area contributed by atoms with Crippen LogP contribution in [0.25, 0.3) is 0 Å². The van der Waals surface area contributed by atoms with E-state index in [1.807, 2.05) is 12.1 Å². The highest BCUT2D eigenvalue weighted by atomic mass is 16.4. The van der Waals surface area contributed by atoms with Crippen LogP contribution < -0.4 is 0 Å². The van der Waals surface area contributed by atoms with Gasteiger partial charge in [0.25, 0.3) is 0 Å². The molecule has 2 N–H and O–H groups in total. The van der Waals surface area contributed by atoms with Crippen LogP contribution in [-0.4, -0.2) is 27.1 Å². The van der Waals surface area contributed by atoms with Crippen molar-refractivity contribution in [3.05, 3.63) is 34.9 Å². The van der Waals surface area contributed by atoms with E-state index in [9.17, 15) is 9.90 Å². The summed E-state index contributed by atoms with van der Waals surface area (Å²) >= 11 is 0. The molecule has 1 heterocycles. The predicted molar refractivity (Wildman–Crippen MR) is 61.3 cm³/mol. The lowest BCUT2D eigenvalue weighted by Gasteiger charge is -2.12. The van der Waals surface area contributed by atoms with Crippen molar-refractivity contribution in [2.75, 3.05) is 0 Å². The summed E-state index contributed by atoms with van der Waals surface area (Å²) in [6.07, 6.45) is 1.15. The molecule has 1 unspecified atom stereocenters. The lowest BCUT2D eigenvalue weighted by atomic mass is 10.0. The summed E-state index contributed by atoms with van der Waals surface area (Å²) < 4.78 is 0. The molecule has 1 saturated carbocycles. The Bertz CT molecular complexity index is 468. The maximum Gasteiger partial charge on any atom is 0.337 e. The number of nitrogens with zero attached hydrogens (tertiary/aromatic N) is 1. The van der Waals surface area contributed by atoms with Crippen LogP contribution in [-0.2, 0) is 17.9 Å². The SMILES string of the molecule is O=C(O)C(O)c1ccc2c(c1)CN(C1CC1)C2. The molecule has 1 aromatic carbocycles. The molecule has 17 heavy (non-hydrogen) atoms. The van der Waals surface area contributed by atoms with Crippen molar-refractivity contribution >= 4 is 5.97 Å². The third-order valence-corrected chi connectivity index (χ3v) is 3.59. The number of carboxylic acids is 1. The molecule has 90 valence electrons. The van der Waals surface area contributed by atoms with Crippen LogP contribution in [0.1, 0.15) is 35.6 Å². The van der Waals surface area contributed by atoms with Crippen molar-refractivity contribution < 1.29 is 15.0 Å². The second-order valence-corrected chi connectivity index (χ2v) is 4.91. The van der Waals surface area contributed by atoms with Gasteiger partial charge in [-0.15, -0.1) is 0 Å². The molecular weight excluding hydrogens is 218 g/mol. The van der Waals surface area contributed by atoms with Crippen LogP contribution in [0.2, 0.25) is 0 Å². The molecule has 0 amide bonds. The number of hydrogen-bond acceptors (Lipinski definition) is 3. The van der Waals surface area contributed by atoms with Crippen LogP contribution in [0, 0.1) is 0 Å². The quantitative estimate of drug-likeness (QED) is 0.825. The molecule has 0 bridgehead atoms. The molecule has 4 nitrogen and oxygen atoms in total. The first kappa shape index (κ1) is 10.7. The molecule has 1 fully saturated rings. The van der Waals surface area contributed by atoms with E-state index in [0.717, 1.165) is 24.7 Å². The highest BCUT2D eigenvalue weighted by Crippen LogP contribution is 2.35. The summed E-state index contributed by atoms with van der Waals surface area (Å²) in [5.41, 5.74) is 2.90. The summed E-state index contributed by atoms with van der Waals surface area (Å²) in [7, 11) is 0. The summed E-state index contributed by atoms with van der Waals surface area (Å²) in [5, 5.41) is 18.3. The van der Waals surface area contributed by atoms with Crippen LogP contribution in [0.4, 0.5) is 0 Å². The van der Waals surface area contributed by atoms with E-state index >= 15 is 0 Å². The number of benzene rings is 1. The molecule has 0 aromatic heterocycles. The fourth-order valence-electron chi connectivity index (χ4n) is 2.45. The molecule has 1 atom stereocenters. The number of aliphatic hydroxyl groups is 1. The Morgan fingerprint density at radius 2 is 2.00 bits per heavy atom. The number of aliphatic hydroxyl groups excluding tert-OH is 1. The van der Waals surface area contributed by atoms with Crippen LogP contribution in [0.3, 0.4) is 0 Å². The van der Waals surface area contributed by atoms with Crippen molar-refractivity contribution in [2.24, 2.45) is 0 Å². The van der Waals surface area contributed by atoms with Gasteiger partial charge in [0.1, 0.15) is 0 Å². The second-order valence-electron chi connectivity index (χ2n) is 4.91. The minimum absolute atomic E-state index is 0.480. The average molecular weight is 233 g/mol. The summed E-state index contributed by atoms with van der Waals surface area (Å²) in [6, 6.07) is 6.21. The van der Waals surface area contributed by atoms with Crippen molar-refractivity contribution in [3.63, 3.8) is 0 Å². The third-order valence-electron chi connectivity index (χ3n) is 3.59. The van der Waals surface area contributed by atoms with Gasteiger partial charge < -0.3 is 10.2 Å². The number of fused-ring (bicyclic) bond motifs is 1. The molecular formula is C13H15NO3. The Hall–Kier alpha value is -1.39. The van der Waals surface area contributed by atoms with E-state index in [-0.39, 0.29) is 0 Å². The van der Waals surface area contributed by atoms with Gasteiger partial charge in [-0.2, -0.15) is 0 Å². The normalized spacial score (nSPS) is 21.2. The largest absolute Gasteiger partial charge is 0.479 e. The van der Waals surface area contributed by atoms with Gasteiger partial charge in [0.2, 0.25) is 0 Å². The van der Waals surface area contributed by atoms with E-state index < -0.39 is 12.1 Å². The highest BCUT2D eigenvalue weighted by Gasteiger charge is 2.33. The zero-order chi connectivity index (χ0) is 12.0. The number of rotatable bonds is 3. The van der Waals surface area contributed by atoms with Crippen molar-refractivity contribution in [3.8, 4) is 0 Å². The molecule has 0 spiro atoms. The maximum absolute atomic E-state index is 10.7. The van der Waals surface area contributed by atoms with E-state index in [1.165, 1.54) is 18.4 Å². The average Bonchev–Trinajstić information content (AvgIpc) is 3.07. The smallest absolute Gasteiger partial charge is 0.337 e. The Labute approximate surface area is 99.5 Å². The molecule has 1 aliphatic carbocycles. The minimum Gasteiger partial charge on any atom is -0.479 e. The van der Waals surface area contributed by atoms with E-state index in [1.54, 1.807) is 6.07 Å². The molecule has 4 heteroatoms. The molecule has 0 radical (unpaired) electrons. The third kappa shape index (κ3) is 1.94. The van der Waals surface area contributed by atoms with Crippen molar-refractivity contribution in [2.45, 2.75) is 38.1 Å². The molecule has 1 aliphatic heterocycles. The maximum atomic E-state index is 10.7. The van der Waals surface area contributed by atoms with Crippen LogP contribution in [0.15, 0.2) is 18.2 Å².